The van der Waals surface area contributed by atoms with Crippen molar-refractivity contribution in [2.24, 2.45) is 5.92 Å². The number of rotatable bonds is 7. The van der Waals surface area contributed by atoms with E-state index in [1.54, 1.807) is 11.0 Å². The molecule has 1 aliphatic heterocycles. The lowest BCUT2D eigenvalue weighted by molar-refractivity contribution is -0.121. The van der Waals surface area contributed by atoms with Gasteiger partial charge in [-0.1, -0.05) is 31.2 Å². The third kappa shape index (κ3) is 5.67. The van der Waals surface area contributed by atoms with E-state index in [2.05, 4.69) is 51.5 Å². The Labute approximate surface area is 149 Å². The molecule has 6 heteroatoms. The number of aryl methyl sites for hydroxylation is 1. The van der Waals surface area contributed by atoms with Gasteiger partial charge in [0.2, 0.25) is 5.91 Å². The molecule has 2 heterocycles. The number of benzene rings is 1. The van der Waals surface area contributed by atoms with E-state index < -0.39 is 0 Å². The molecule has 6 nitrogen and oxygen atoms in total. The zero-order valence-corrected chi connectivity index (χ0v) is 14.9. The van der Waals surface area contributed by atoms with Crippen molar-refractivity contribution in [1.29, 1.82) is 0 Å². The lowest BCUT2D eigenvalue weighted by atomic mass is 9.99. The zero-order chi connectivity index (χ0) is 17.5. The smallest absolute Gasteiger partial charge is 0.222 e. The number of likely N-dealkylation sites (tertiary alicyclic amines) is 1. The fourth-order valence-corrected chi connectivity index (χ4v) is 3.30. The Hall–Kier alpha value is -2.21. The highest BCUT2D eigenvalue weighted by molar-refractivity contribution is 5.75. The van der Waals surface area contributed by atoms with Crippen molar-refractivity contribution in [3.8, 4) is 0 Å². The molecule has 0 aliphatic carbocycles. The Bertz CT molecular complexity index is 653. The molecule has 2 aromatic rings. The molecule has 0 spiro atoms. The van der Waals surface area contributed by atoms with Gasteiger partial charge in [0.1, 0.15) is 12.7 Å². The number of amides is 1. The van der Waals surface area contributed by atoms with Crippen molar-refractivity contribution in [2.45, 2.75) is 45.8 Å². The molecule has 25 heavy (non-hydrogen) atoms. The van der Waals surface area contributed by atoms with Crippen LogP contribution in [0.1, 0.15) is 37.3 Å². The van der Waals surface area contributed by atoms with E-state index in [4.69, 9.17) is 0 Å². The topological polar surface area (TPSA) is 63.1 Å². The highest BCUT2D eigenvalue weighted by Gasteiger charge is 2.16. The standard InChI is InChI=1S/C19H27N5O/c1-16-3-2-9-23(12-16)13-18-6-4-17(5-7-18)11-21-19(25)8-10-24-15-20-14-22-24/h4-7,14-16H,2-3,8-13H2,1H3,(H,21,25). The highest BCUT2D eigenvalue weighted by Crippen LogP contribution is 2.18. The number of piperidine rings is 1. The lowest BCUT2D eigenvalue weighted by Crippen LogP contribution is -2.33. The first-order valence-electron chi connectivity index (χ1n) is 9.08. The van der Waals surface area contributed by atoms with Gasteiger partial charge >= 0.3 is 0 Å². The maximum Gasteiger partial charge on any atom is 0.222 e. The molecule has 0 bridgehead atoms. The molecule has 134 valence electrons. The summed E-state index contributed by atoms with van der Waals surface area (Å²) < 4.78 is 1.66. The second-order valence-electron chi connectivity index (χ2n) is 6.98. The molecular weight excluding hydrogens is 314 g/mol. The quantitative estimate of drug-likeness (QED) is 0.839. The van der Waals surface area contributed by atoms with E-state index in [1.807, 2.05) is 0 Å². The number of aromatic nitrogens is 3. The summed E-state index contributed by atoms with van der Waals surface area (Å²) in [5.74, 6) is 0.836. The van der Waals surface area contributed by atoms with Gasteiger partial charge in [-0.3, -0.25) is 14.4 Å². The van der Waals surface area contributed by atoms with Crippen molar-refractivity contribution >= 4 is 5.91 Å². The first-order valence-corrected chi connectivity index (χ1v) is 9.08. The first kappa shape index (κ1) is 17.6. The summed E-state index contributed by atoms with van der Waals surface area (Å²) in [6, 6.07) is 8.58. The first-order chi connectivity index (χ1) is 12.2. The molecule has 1 aromatic heterocycles. The average Bonchev–Trinajstić information content (AvgIpc) is 3.13. The summed E-state index contributed by atoms with van der Waals surface area (Å²) in [7, 11) is 0. The molecule has 0 saturated carbocycles. The van der Waals surface area contributed by atoms with Gasteiger partial charge in [-0.05, 0) is 36.4 Å². The summed E-state index contributed by atoms with van der Waals surface area (Å²) in [4.78, 5) is 18.3. The lowest BCUT2D eigenvalue weighted by Gasteiger charge is -2.30. The maximum absolute atomic E-state index is 11.9. The van der Waals surface area contributed by atoms with Gasteiger partial charge in [0, 0.05) is 26.1 Å². The minimum Gasteiger partial charge on any atom is -0.352 e. The van der Waals surface area contributed by atoms with Gasteiger partial charge in [-0.25, -0.2) is 4.98 Å². The SMILES string of the molecule is CC1CCCN(Cc2ccc(CNC(=O)CCn3cncn3)cc2)C1. The highest BCUT2D eigenvalue weighted by atomic mass is 16.1. The largest absolute Gasteiger partial charge is 0.352 e. The van der Waals surface area contributed by atoms with Crippen molar-refractivity contribution < 1.29 is 4.79 Å². The van der Waals surface area contributed by atoms with Gasteiger partial charge in [-0.2, -0.15) is 5.10 Å². The number of hydrogen-bond donors (Lipinski definition) is 1. The number of nitrogens with one attached hydrogen (secondary N) is 1. The Morgan fingerprint density at radius 1 is 1.28 bits per heavy atom. The number of hydrogen-bond acceptors (Lipinski definition) is 4. The Morgan fingerprint density at radius 3 is 2.80 bits per heavy atom. The molecule has 1 atom stereocenters. The normalized spacial score (nSPS) is 18.2. The second-order valence-corrected chi connectivity index (χ2v) is 6.98. The average molecular weight is 341 g/mol. The molecule has 1 aromatic carbocycles. The van der Waals surface area contributed by atoms with E-state index in [0.29, 0.717) is 19.5 Å². The van der Waals surface area contributed by atoms with Crippen molar-refractivity contribution in [3.05, 3.63) is 48.0 Å². The van der Waals surface area contributed by atoms with Gasteiger partial charge in [0.05, 0.1) is 6.54 Å². The summed E-state index contributed by atoms with van der Waals surface area (Å²) >= 11 is 0. The van der Waals surface area contributed by atoms with E-state index in [1.165, 1.54) is 37.8 Å². The van der Waals surface area contributed by atoms with E-state index in [9.17, 15) is 4.79 Å². The van der Waals surface area contributed by atoms with Gasteiger partial charge in [0.15, 0.2) is 0 Å². The van der Waals surface area contributed by atoms with Crippen LogP contribution >= 0.6 is 0 Å². The van der Waals surface area contributed by atoms with Crippen LogP contribution in [0.25, 0.3) is 0 Å². The van der Waals surface area contributed by atoms with Crippen LogP contribution in [0.2, 0.25) is 0 Å². The third-order valence-electron chi connectivity index (χ3n) is 4.69. The summed E-state index contributed by atoms with van der Waals surface area (Å²) in [5.41, 5.74) is 2.47. The molecule has 1 N–H and O–H groups in total. The van der Waals surface area contributed by atoms with E-state index in [0.717, 1.165) is 18.0 Å². The van der Waals surface area contributed by atoms with Crippen LogP contribution in [-0.4, -0.2) is 38.7 Å². The molecular formula is C19H27N5O. The van der Waals surface area contributed by atoms with Crippen LogP contribution < -0.4 is 5.32 Å². The predicted octanol–water partition coefficient (Wildman–Crippen LogP) is 2.22. The van der Waals surface area contributed by atoms with Crippen LogP contribution in [-0.2, 0) is 24.4 Å². The van der Waals surface area contributed by atoms with Gasteiger partial charge in [-0.15, -0.1) is 0 Å². The zero-order valence-electron chi connectivity index (χ0n) is 14.9. The summed E-state index contributed by atoms with van der Waals surface area (Å²) in [6.45, 7) is 6.88. The van der Waals surface area contributed by atoms with Crippen LogP contribution in [0, 0.1) is 5.92 Å². The van der Waals surface area contributed by atoms with Crippen LogP contribution in [0.4, 0.5) is 0 Å². The Morgan fingerprint density at radius 2 is 2.08 bits per heavy atom. The Balaban J connectivity index is 1.40. The fourth-order valence-electron chi connectivity index (χ4n) is 3.30. The Kier molecular flexibility index (Phi) is 6.17. The molecule has 1 aliphatic rings. The number of carbonyl (C=O) groups is 1. The monoisotopic (exact) mass is 341 g/mol. The predicted molar refractivity (Wildman–Crippen MR) is 96.6 cm³/mol. The van der Waals surface area contributed by atoms with Crippen LogP contribution in [0.3, 0.4) is 0 Å². The van der Waals surface area contributed by atoms with Crippen LogP contribution in [0.15, 0.2) is 36.9 Å². The minimum atomic E-state index is 0.0295. The number of nitrogens with zero attached hydrogens (tertiary/aromatic N) is 4. The van der Waals surface area contributed by atoms with E-state index in [-0.39, 0.29) is 5.91 Å². The van der Waals surface area contributed by atoms with Crippen molar-refractivity contribution in [2.75, 3.05) is 13.1 Å². The third-order valence-corrected chi connectivity index (χ3v) is 4.69. The molecule has 0 radical (unpaired) electrons. The molecule has 1 saturated heterocycles. The maximum atomic E-state index is 11.9. The molecule has 1 fully saturated rings. The van der Waals surface area contributed by atoms with E-state index >= 15 is 0 Å². The fraction of sp³-hybridized carbons (Fsp3) is 0.526. The molecule has 1 unspecified atom stereocenters. The number of carbonyl (C=O) groups excluding carboxylic acids is 1. The van der Waals surface area contributed by atoms with Gasteiger partial charge in [0.25, 0.3) is 0 Å². The summed E-state index contributed by atoms with van der Waals surface area (Å²) in [5, 5.41) is 6.95. The minimum absolute atomic E-state index is 0.0295. The van der Waals surface area contributed by atoms with Crippen molar-refractivity contribution in [1.82, 2.24) is 25.0 Å². The van der Waals surface area contributed by atoms with Crippen molar-refractivity contribution in [3.63, 3.8) is 0 Å². The van der Waals surface area contributed by atoms with Gasteiger partial charge < -0.3 is 5.32 Å². The second kappa shape index (κ2) is 8.76. The molecule has 1 amide bonds. The van der Waals surface area contributed by atoms with Crippen LogP contribution in [0.5, 0.6) is 0 Å². The summed E-state index contributed by atoms with van der Waals surface area (Å²) in [6.07, 6.45) is 6.17. The molecule has 3 rings (SSSR count).